The largest absolute Gasteiger partial charge is 0.327 e. The molecule has 0 radical (unpaired) electrons. The van der Waals surface area contributed by atoms with Gasteiger partial charge in [0.25, 0.3) is 0 Å². The van der Waals surface area contributed by atoms with E-state index in [2.05, 4.69) is 12.7 Å². The molecule has 1 aliphatic heterocycles. The molecule has 1 fully saturated rings. The molecule has 0 N–H and O–H groups in total. The number of urea groups is 1. The number of carbonyl (C=O) groups excluding carboxylic acids is 2. The molecule has 104 valence electrons. The van der Waals surface area contributed by atoms with Gasteiger partial charge < -0.3 is 4.90 Å². The Hall–Kier alpha value is -1.84. The van der Waals surface area contributed by atoms with Crippen LogP contribution in [0.4, 0.5) is 4.79 Å². The lowest BCUT2D eigenvalue weighted by molar-refractivity contribution is -0.125. The van der Waals surface area contributed by atoms with Gasteiger partial charge in [0.15, 0.2) is 0 Å². The molecule has 0 unspecified atom stereocenters. The lowest BCUT2D eigenvalue weighted by Gasteiger charge is -2.15. The monoisotopic (exact) mass is 262 g/mol. The van der Waals surface area contributed by atoms with Crippen molar-refractivity contribution in [2.24, 2.45) is 0 Å². The topological polar surface area (TPSA) is 40.6 Å². The molecule has 1 rings (SSSR count). The zero-order chi connectivity index (χ0) is 14.3. The van der Waals surface area contributed by atoms with E-state index in [1.807, 2.05) is 26.0 Å². The normalized spacial score (nSPS) is 15.5. The summed E-state index contributed by atoms with van der Waals surface area (Å²) in [7, 11) is 0. The lowest BCUT2D eigenvalue weighted by Crippen LogP contribution is -2.34. The van der Waals surface area contributed by atoms with Crippen LogP contribution in [0, 0.1) is 0 Å². The summed E-state index contributed by atoms with van der Waals surface area (Å²) in [5.41, 5.74) is 1.23. The fourth-order valence-electron chi connectivity index (χ4n) is 1.89. The fraction of sp³-hybridized carbons (Fsp3) is 0.467. The summed E-state index contributed by atoms with van der Waals surface area (Å²) in [5.74, 6) is -0.103. The Morgan fingerprint density at radius 3 is 2.63 bits per heavy atom. The second-order valence-electron chi connectivity index (χ2n) is 4.77. The first-order valence-corrected chi connectivity index (χ1v) is 6.56. The summed E-state index contributed by atoms with van der Waals surface area (Å²) in [5, 5.41) is 0. The molecule has 1 saturated heterocycles. The number of nitrogens with zero attached hydrogens (tertiary/aromatic N) is 2. The Kier molecular flexibility index (Phi) is 6.06. The van der Waals surface area contributed by atoms with Crippen molar-refractivity contribution in [1.29, 1.82) is 0 Å². The molecule has 19 heavy (non-hydrogen) atoms. The molecule has 4 nitrogen and oxygen atoms in total. The van der Waals surface area contributed by atoms with E-state index in [1.165, 1.54) is 10.5 Å². The van der Waals surface area contributed by atoms with Crippen molar-refractivity contribution in [2.45, 2.75) is 26.7 Å². The number of allylic oxidation sites excluding steroid dienone is 3. The highest BCUT2D eigenvalue weighted by atomic mass is 16.2. The summed E-state index contributed by atoms with van der Waals surface area (Å²) in [4.78, 5) is 26.7. The molecular formula is C15H22N2O2. The standard InChI is InChI=1S/C15H22N2O2/c1-4-5-6-7-11-17-14(18)12-16(15(17)19)10-8-9-13(2)3/h4-6,9H,1,7-8,10-12H2,2-3H3/b6-5+. The van der Waals surface area contributed by atoms with E-state index < -0.39 is 0 Å². The SMILES string of the molecule is C=C/C=C/CCN1C(=O)CN(CCC=C(C)C)C1=O. The Morgan fingerprint density at radius 1 is 1.26 bits per heavy atom. The highest BCUT2D eigenvalue weighted by Crippen LogP contribution is 2.12. The van der Waals surface area contributed by atoms with Gasteiger partial charge in [-0.2, -0.15) is 0 Å². The van der Waals surface area contributed by atoms with Gasteiger partial charge in [0.05, 0.1) is 0 Å². The maximum Gasteiger partial charge on any atom is 0.327 e. The number of rotatable bonds is 7. The molecule has 1 heterocycles. The molecule has 0 aromatic rings. The second kappa shape index (κ2) is 7.56. The molecule has 0 aromatic carbocycles. The van der Waals surface area contributed by atoms with Crippen LogP contribution >= 0.6 is 0 Å². The minimum Gasteiger partial charge on any atom is -0.315 e. The third-order valence-corrected chi connectivity index (χ3v) is 2.87. The quantitative estimate of drug-likeness (QED) is 0.402. The highest BCUT2D eigenvalue weighted by Gasteiger charge is 2.34. The van der Waals surface area contributed by atoms with Gasteiger partial charge in [-0.15, -0.1) is 0 Å². The van der Waals surface area contributed by atoms with E-state index in [1.54, 1.807) is 11.0 Å². The van der Waals surface area contributed by atoms with E-state index in [9.17, 15) is 9.59 Å². The molecule has 0 aromatic heterocycles. The van der Waals surface area contributed by atoms with Gasteiger partial charge >= 0.3 is 6.03 Å². The van der Waals surface area contributed by atoms with Crippen molar-refractivity contribution < 1.29 is 9.59 Å². The summed E-state index contributed by atoms with van der Waals surface area (Å²) in [6.07, 6.45) is 8.94. The molecule has 0 aliphatic carbocycles. The maximum absolute atomic E-state index is 12.0. The van der Waals surface area contributed by atoms with Crippen molar-refractivity contribution in [3.8, 4) is 0 Å². The average Bonchev–Trinajstić information content (AvgIpc) is 2.61. The molecule has 0 spiro atoms. The van der Waals surface area contributed by atoms with Crippen LogP contribution in [0.5, 0.6) is 0 Å². The predicted molar refractivity (Wildman–Crippen MR) is 76.7 cm³/mol. The maximum atomic E-state index is 12.0. The number of amides is 3. The number of imide groups is 1. The zero-order valence-electron chi connectivity index (χ0n) is 11.8. The van der Waals surface area contributed by atoms with Crippen LogP contribution in [-0.2, 0) is 4.79 Å². The summed E-state index contributed by atoms with van der Waals surface area (Å²) in [6.45, 7) is 8.88. The lowest BCUT2D eigenvalue weighted by atomic mass is 10.2. The van der Waals surface area contributed by atoms with Crippen LogP contribution in [0.1, 0.15) is 26.7 Å². The van der Waals surface area contributed by atoms with Crippen molar-refractivity contribution in [1.82, 2.24) is 9.80 Å². The number of carbonyl (C=O) groups is 2. The molecule has 0 atom stereocenters. The third-order valence-electron chi connectivity index (χ3n) is 2.87. The molecule has 3 amide bonds. The minimum absolute atomic E-state index is 0.103. The van der Waals surface area contributed by atoms with Gasteiger partial charge in [-0.25, -0.2) is 4.79 Å². The smallest absolute Gasteiger partial charge is 0.315 e. The summed E-state index contributed by atoms with van der Waals surface area (Å²) in [6, 6.07) is -0.167. The Morgan fingerprint density at radius 2 is 2.00 bits per heavy atom. The number of hydrogen-bond acceptors (Lipinski definition) is 2. The van der Waals surface area contributed by atoms with Gasteiger partial charge in [0, 0.05) is 13.1 Å². The van der Waals surface area contributed by atoms with Gasteiger partial charge in [0.1, 0.15) is 6.54 Å². The Labute approximate surface area is 115 Å². The van der Waals surface area contributed by atoms with Crippen molar-refractivity contribution in [2.75, 3.05) is 19.6 Å². The Balaban J connectivity index is 2.46. The predicted octanol–water partition coefficient (Wildman–Crippen LogP) is 2.74. The molecule has 0 saturated carbocycles. The van der Waals surface area contributed by atoms with Gasteiger partial charge in [0.2, 0.25) is 5.91 Å². The van der Waals surface area contributed by atoms with E-state index >= 15 is 0 Å². The molecule has 1 aliphatic rings. The molecule has 4 heteroatoms. The van der Waals surface area contributed by atoms with Crippen molar-refractivity contribution in [3.05, 3.63) is 36.5 Å². The fourth-order valence-corrected chi connectivity index (χ4v) is 1.89. The number of hydrogen-bond donors (Lipinski definition) is 0. The first kappa shape index (κ1) is 15.2. The Bertz CT molecular complexity index is 406. The van der Waals surface area contributed by atoms with E-state index in [0.29, 0.717) is 19.5 Å². The summed E-state index contributed by atoms with van der Waals surface area (Å²) >= 11 is 0. The minimum atomic E-state index is -0.167. The first-order valence-electron chi connectivity index (χ1n) is 6.56. The van der Waals surface area contributed by atoms with E-state index in [0.717, 1.165) is 6.42 Å². The third kappa shape index (κ3) is 4.73. The van der Waals surface area contributed by atoms with Crippen LogP contribution in [0.3, 0.4) is 0 Å². The first-order chi connectivity index (χ1) is 9.06. The summed E-state index contributed by atoms with van der Waals surface area (Å²) < 4.78 is 0. The van der Waals surface area contributed by atoms with Crippen molar-refractivity contribution in [3.63, 3.8) is 0 Å². The van der Waals surface area contributed by atoms with E-state index in [4.69, 9.17) is 0 Å². The highest BCUT2D eigenvalue weighted by molar-refractivity contribution is 6.01. The van der Waals surface area contributed by atoms with Gasteiger partial charge in [-0.3, -0.25) is 9.69 Å². The van der Waals surface area contributed by atoms with E-state index in [-0.39, 0.29) is 18.5 Å². The van der Waals surface area contributed by atoms with Crippen molar-refractivity contribution >= 4 is 11.9 Å². The zero-order valence-corrected chi connectivity index (χ0v) is 11.8. The van der Waals surface area contributed by atoms with Gasteiger partial charge in [-0.1, -0.05) is 36.5 Å². The van der Waals surface area contributed by atoms with Gasteiger partial charge in [-0.05, 0) is 26.7 Å². The van der Waals surface area contributed by atoms with Crippen LogP contribution in [-0.4, -0.2) is 41.4 Å². The molecule has 0 bridgehead atoms. The van der Waals surface area contributed by atoms with Crippen LogP contribution in [0.2, 0.25) is 0 Å². The average molecular weight is 262 g/mol. The van der Waals surface area contributed by atoms with Crippen LogP contribution in [0.25, 0.3) is 0 Å². The van der Waals surface area contributed by atoms with Crippen LogP contribution in [0.15, 0.2) is 36.5 Å². The molecular weight excluding hydrogens is 240 g/mol. The van der Waals surface area contributed by atoms with Crippen LogP contribution < -0.4 is 0 Å². The second-order valence-corrected chi connectivity index (χ2v) is 4.77.